The van der Waals surface area contributed by atoms with E-state index in [1.807, 2.05) is 60.7 Å². The summed E-state index contributed by atoms with van der Waals surface area (Å²) in [7, 11) is 0. The summed E-state index contributed by atoms with van der Waals surface area (Å²) in [4.78, 5) is 21.3. The maximum absolute atomic E-state index is 10.6. The van der Waals surface area contributed by atoms with E-state index in [0.29, 0.717) is 28.2 Å². The van der Waals surface area contributed by atoms with Crippen LogP contribution in [0.1, 0.15) is 11.1 Å². The van der Waals surface area contributed by atoms with Gasteiger partial charge in [0, 0.05) is 29.2 Å². The van der Waals surface area contributed by atoms with E-state index in [0.717, 1.165) is 21.5 Å². The number of aromatic hydroxyl groups is 2. The van der Waals surface area contributed by atoms with Crippen molar-refractivity contribution in [2.45, 2.75) is 0 Å². The van der Waals surface area contributed by atoms with E-state index in [1.165, 1.54) is 0 Å². The Morgan fingerprint density at radius 3 is 1.73 bits per heavy atom. The van der Waals surface area contributed by atoms with E-state index in [9.17, 15) is 10.2 Å². The third kappa shape index (κ3) is 5.65. The van der Waals surface area contributed by atoms with Crippen LogP contribution in [0.2, 0.25) is 10.6 Å². The topological polar surface area (TPSA) is 116 Å². The highest BCUT2D eigenvalue weighted by atomic mass is 35.5. The molecule has 3 N–H and O–H groups in total. The van der Waals surface area contributed by atoms with Crippen LogP contribution >= 0.6 is 23.2 Å². The first-order valence-corrected chi connectivity index (χ1v) is 13.2. The van der Waals surface area contributed by atoms with Crippen molar-refractivity contribution in [2.75, 3.05) is 5.32 Å². The molecule has 200 valence electrons. The molecular formula is C31H20Cl2N6O2. The molecule has 0 saturated carbocycles. The van der Waals surface area contributed by atoms with Crippen LogP contribution in [0.15, 0.2) is 101 Å². The number of hydrogen-bond acceptors (Lipinski definition) is 8. The fraction of sp³-hybridized carbons (Fsp3) is 0. The molecule has 0 aliphatic rings. The Morgan fingerprint density at radius 2 is 1.15 bits per heavy atom. The van der Waals surface area contributed by atoms with Gasteiger partial charge in [-0.15, -0.1) is 0 Å². The Bertz CT molecular complexity index is 1970. The molecule has 10 heteroatoms. The van der Waals surface area contributed by atoms with Crippen LogP contribution in [0.4, 0.5) is 23.0 Å². The minimum Gasteiger partial charge on any atom is -0.507 e. The predicted molar refractivity (Wildman–Crippen MR) is 165 cm³/mol. The molecule has 0 aliphatic carbocycles. The second-order valence-corrected chi connectivity index (χ2v) is 9.66. The van der Waals surface area contributed by atoms with Crippen molar-refractivity contribution in [3.05, 3.63) is 113 Å². The highest BCUT2D eigenvalue weighted by Gasteiger charge is 2.10. The number of phenolic OH excluding ortho intramolecular Hbond substituents is 2. The molecule has 5 aromatic carbocycles. The smallest absolute Gasteiger partial charge is 0.232 e. The first-order valence-electron chi connectivity index (χ1n) is 12.4. The van der Waals surface area contributed by atoms with Crippen molar-refractivity contribution in [3.63, 3.8) is 0 Å². The lowest BCUT2D eigenvalue weighted by Gasteiger charge is -2.09. The fourth-order valence-corrected chi connectivity index (χ4v) is 4.80. The molecule has 0 fully saturated rings. The van der Waals surface area contributed by atoms with Gasteiger partial charge in [0.05, 0.1) is 11.4 Å². The van der Waals surface area contributed by atoms with Crippen LogP contribution in [0.5, 0.6) is 11.5 Å². The van der Waals surface area contributed by atoms with Crippen LogP contribution in [0, 0.1) is 0 Å². The molecule has 0 spiro atoms. The molecule has 1 heterocycles. The van der Waals surface area contributed by atoms with Crippen LogP contribution < -0.4 is 5.32 Å². The number of benzene rings is 5. The number of aromatic nitrogens is 3. The van der Waals surface area contributed by atoms with Gasteiger partial charge in [0.25, 0.3) is 0 Å². The minimum absolute atomic E-state index is 0.0479. The SMILES string of the molecule is Oc1ccc2ccccc2c1C=Nc1ccc(Nc2nc(Cl)nc(Cl)n2)cc1N=Cc1c(O)ccc2ccccc12. The third-order valence-corrected chi connectivity index (χ3v) is 6.71. The summed E-state index contributed by atoms with van der Waals surface area (Å²) in [6.07, 6.45) is 3.21. The molecule has 6 rings (SSSR count). The van der Waals surface area contributed by atoms with Gasteiger partial charge >= 0.3 is 0 Å². The Balaban J connectivity index is 1.44. The Labute approximate surface area is 244 Å². The van der Waals surface area contributed by atoms with Crippen molar-refractivity contribution in [1.29, 1.82) is 0 Å². The number of nitrogens with one attached hydrogen (secondary N) is 1. The van der Waals surface area contributed by atoms with Crippen molar-refractivity contribution in [2.24, 2.45) is 9.98 Å². The molecule has 1 aromatic heterocycles. The third-order valence-electron chi connectivity index (χ3n) is 6.37. The molecular weight excluding hydrogens is 559 g/mol. The second kappa shape index (κ2) is 11.2. The van der Waals surface area contributed by atoms with Crippen molar-refractivity contribution >= 4 is 80.2 Å². The predicted octanol–water partition coefficient (Wildman–Crippen LogP) is 8.14. The van der Waals surface area contributed by atoms with E-state index in [2.05, 4.69) is 25.3 Å². The summed E-state index contributed by atoms with van der Waals surface area (Å²) in [6, 6.07) is 27.7. The first kappa shape index (κ1) is 26.2. The molecule has 0 aliphatic heterocycles. The lowest BCUT2D eigenvalue weighted by molar-refractivity contribution is 0.475. The van der Waals surface area contributed by atoms with E-state index < -0.39 is 0 Å². The van der Waals surface area contributed by atoms with Crippen LogP contribution in [-0.2, 0) is 0 Å². The summed E-state index contributed by atoms with van der Waals surface area (Å²) in [5.41, 5.74) is 2.74. The van der Waals surface area contributed by atoms with Crippen molar-refractivity contribution in [1.82, 2.24) is 15.0 Å². The Kier molecular flexibility index (Phi) is 7.16. The van der Waals surface area contributed by atoms with Gasteiger partial charge < -0.3 is 15.5 Å². The summed E-state index contributed by atoms with van der Waals surface area (Å²) in [5, 5.41) is 27.8. The van der Waals surface area contributed by atoms with Gasteiger partial charge in [0.1, 0.15) is 11.5 Å². The zero-order valence-electron chi connectivity index (χ0n) is 21.2. The highest BCUT2D eigenvalue weighted by molar-refractivity contribution is 6.31. The molecule has 0 saturated heterocycles. The maximum atomic E-state index is 10.6. The van der Waals surface area contributed by atoms with E-state index >= 15 is 0 Å². The monoisotopic (exact) mass is 578 g/mol. The Morgan fingerprint density at radius 1 is 0.610 bits per heavy atom. The van der Waals surface area contributed by atoms with E-state index in [4.69, 9.17) is 28.2 Å². The summed E-state index contributed by atoms with van der Waals surface area (Å²) < 4.78 is 0. The van der Waals surface area contributed by atoms with Gasteiger partial charge in [0.2, 0.25) is 16.5 Å². The van der Waals surface area contributed by atoms with Gasteiger partial charge in [0.15, 0.2) is 0 Å². The zero-order valence-corrected chi connectivity index (χ0v) is 22.7. The maximum Gasteiger partial charge on any atom is 0.232 e. The molecule has 41 heavy (non-hydrogen) atoms. The highest BCUT2D eigenvalue weighted by Crippen LogP contribution is 2.34. The number of fused-ring (bicyclic) bond motifs is 2. The van der Waals surface area contributed by atoms with Gasteiger partial charge in [-0.1, -0.05) is 60.7 Å². The second-order valence-electron chi connectivity index (χ2n) is 8.98. The fourth-order valence-electron chi connectivity index (χ4n) is 4.43. The van der Waals surface area contributed by atoms with E-state index in [1.54, 1.807) is 42.8 Å². The molecule has 0 radical (unpaired) electrons. The standard InChI is InChI=1S/C31H20Cl2N6O2/c32-29-37-30(33)39-31(38-29)36-20-11-12-25(34-16-23-21-7-3-1-5-18(21)9-13-27(23)40)26(15-20)35-17-24-22-8-4-2-6-19(22)10-14-28(24)41/h1-17,40-41H,(H,36,37,38,39). The quantitative estimate of drug-likeness (QED) is 0.172. The zero-order chi connectivity index (χ0) is 28.3. The lowest BCUT2D eigenvalue weighted by atomic mass is 10.0. The first-order chi connectivity index (χ1) is 19.9. The minimum atomic E-state index is -0.0479. The number of nitrogens with zero attached hydrogens (tertiary/aromatic N) is 5. The molecule has 0 unspecified atom stereocenters. The molecule has 0 amide bonds. The Hall–Kier alpha value is -5.05. The number of anilines is 2. The average Bonchev–Trinajstić information content (AvgIpc) is 2.96. The lowest BCUT2D eigenvalue weighted by Crippen LogP contribution is -1.99. The van der Waals surface area contributed by atoms with Gasteiger partial charge in [-0.3, -0.25) is 9.98 Å². The van der Waals surface area contributed by atoms with Crippen molar-refractivity contribution in [3.8, 4) is 11.5 Å². The number of aliphatic imine (C=N–C) groups is 2. The summed E-state index contributed by atoms with van der Waals surface area (Å²) >= 11 is 11.9. The van der Waals surface area contributed by atoms with Gasteiger partial charge in [-0.25, -0.2) is 0 Å². The number of phenols is 2. The number of rotatable bonds is 6. The molecule has 0 bridgehead atoms. The van der Waals surface area contributed by atoms with E-state index in [-0.39, 0.29) is 28.0 Å². The molecule has 0 atom stereocenters. The van der Waals surface area contributed by atoms with Crippen LogP contribution in [-0.4, -0.2) is 37.6 Å². The van der Waals surface area contributed by atoms with Crippen molar-refractivity contribution < 1.29 is 10.2 Å². The molecule has 6 aromatic rings. The summed E-state index contributed by atoms with van der Waals surface area (Å²) in [6.45, 7) is 0. The van der Waals surface area contributed by atoms with Crippen LogP contribution in [0.3, 0.4) is 0 Å². The largest absolute Gasteiger partial charge is 0.507 e. The number of halogens is 2. The number of hydrogen-bond donors (Lipinski definition) is 3. The normalized spacial score (nSPS) is 11.7. The summed E-state index contributed by atoms with van der Waals surface area (Å²) in [5.74, 6) is 0.371. The molecule has 8 nitrogen and oxygen atoms in total. The van der Waals surface area contributed by atoms with Crippen LogP contribution in [0.25, 0.3) is 21.5 Å². The average molecular weight is 579 g/mol. The van der Waals surface area contributed by atoms with Gasteiger partial charge in [-0.05, 0) is 75.1 Å². The van der Waals surface area contributed by atoms with Gasteiger partial charge in [-0.2, -0.15) is 15.0 Å².